The highest BCUT2D eigenvalue weighted by atomic mass is 35.5. The van der Waals surface area contributed by atoms with Crippen molar-refractivity contribution >= 4 is 17.6 Å². The molecule has 0 aromatic heterocycles. The van der Waals surface area contributed by atoms with Crippen molar-refractivity contribution in [1.82, 2.24) is 5.06 Å². The molecule has 0 bridgehead atoms. The number of alkyl halides is 1. The first kappa shape index (κ1) is 13.7. The summed E-state index contributed by atoms with van der Waals surface area (Å²) < 4.78 is 0. The molecule has 0 aliphatic rings. The Bertz CT molecular complexity index is 153. The topological polar surface area (TPSA) is 29.5 Å². The second kappa shape index (κ2) is 9.28. The van der Waals surface area contributed by atoms with Gasteiger partial charge < -0.3 is 4.84 Å². The molecule has 0 N–H and O–H groups in total. The van der Waals surface area contributed by atoms with Crippen LogP contribution in [-0.4, -0.2) is 30.0 Å². The second-order valence-corrected chi connectivity index (χ2v) is 3.56. The zero-order valence-corrected chi connectivity index (χ0v) is 9.85. The van der Waals surface area contributed by atoms with Crippen LogP contribution in [-0.2, 0) is 9.63 Å². The number of carbonyl (C=O) groups excluding carboxylic acids is 1. The summed E-state index contributed by atoms with van der Waals surface area (Å²) >= 11 is 5.58. The van der Waals surface area contributed by atoms with E-state index in [2.05, 4.69) is 6.92 Å². The van der Waals surface area contributed by atoms with Crippen molar-refractivity contribution in [1.29, 1.82) is 0 Å². The van der Waals surface area contributed by atoms with Crippen molar-refractivity contribution in [3.05, 3.63) is 0 Å². The number of carbonyl (C=O) groups is 1. The summed E-state index contributed by atoms with van der Waals surface area (Å²) in [5, 5.41) is 1.71. The highest BCUT2D eigenvalue weighted by molar-refractivity contribution is 6.17. The fourth-order valence-electron chi connectivity index (χ4n) is 1.08. The molecule has 0 rings (SSSR count). The SMILES string of the molecule is CCCC(=O)ON(CCC)CCCCl. The molecule has 0 aliphatic heterocycles. The molecule has 0 fully saturated rings. The Morgan fingerprint density at radius 1 is 1.29 bits per heavy atom. The van der Waals surface area contributed by atoms with Gasteiger partial charge in [-0.1, -0.05) is 13.8 Å². The van der Waals surface area contributed by atoms with Crippen LogP contribution in [0.25, 0.3) is 0 Å². The lowest BCUT2D eigenvalue weighted by Gasteiger charge is -2.19. The van der Waals surface area contributed by atoms with E-state index in [1.54, 1.807) is 5.06 Å². The summed E-state index contributed by atoms with van der Waals surface area (Å²) in [5.74, 6) is 0.460. The quantitative estimate of drug-likeness (QED) is 0.466. The molecule has 0 aromatic rings. The van der Waals surface area contributed by atoms with Crippen LogP contribution in [0.3, 0.4) is 0 Å². The van der Waals surface area contributed by atoms with Gasteiger partial charge in [-0.05, 0) is 19.3 Å². The van der Waals surface area contributed by atoms with E-state index in [4.69, 9.17) is 16.4 Å². The Kier molecular flexibility index (Phi) is 9.10. The molecule has 4 heteroatoms. The third-order valence-electron chi connectivity index (χ3n) is 1.70. The van der Waals surface area contributed by atoms with Gasteiger partial charge in [-0.3, -0.25) is 4.79 Å². The molecule has 0 amide bonds. The summed E-state index contributed by atoms with van der Waals surface area (Å²) in [6, 6.07) is 0. The van der Waals surface area contributed by atoms with Gasteiger partial charge in [0.05, 0.1) is 0 Å². The van der Waals surface area contributed by atoms with Crippen LogP contribution >= 0.6 is 11.6 Å². The molecule has 0 aliphatic carbocycles. The number of halogens is 1. The van der Waals surface area contributed by atoms with E-state index >= 15 is 0 Å². The minimum atomic E-state index is -0.143. The number of hydroxylamine groups is 2. The van der Waals surface area contributed by atoms with Gasteiger partial charge in [-0.2, -0.15) is 0 Å². The fourth-order valence-corrected chi connectivity index (χ4v) is 1.20. The smallest absolute Gasteiger partial charge is 0.325 e. The van der Waals surface area contributed by atoms with Gasteiger partial charge in [-0.15, -0.1) is 16.7 Å². The standard InChI is InChI=1S/C10H20ClNO2/c1-3-6-10(13)14-12(8-4-2)9-5-7-11/h3-9H2,1-2H3. The molecular weight excluding hydrogens is 202 g/mol. The van der Waals surface area contributed by atoms with Crippen molar-refractivity contribution < 1.29 is 9.63 Å². The van der Waals surface area contributed by atoms with Crippen LogP contribution < -0.4 is 0 Å². The maximum atomic E-state index is 11.2. The molecule has 0 spiro atoms. The third kappa shape index (κ3) is 7.15. The summed E-state index contributed by atoms with van der Waals surface area (Å²) in [6.45, 7) is 5.53. The minimum Gasteiger partial charge on any atom is -0.368 e. The molecule has 0 unspecified atom stereocenters. The summed E-state index contributed by atoms with van der Waals surface area (Å²) in [6.07, 6.45) is 3.14. The predicted molar refractivity (Wildman–Crippen MR) is 58.2 cm³/mol. The van der Waals surface area contributed by atoms with E-state index in [-0.39, 0.29) is 5.97 Å². The average Bonchev–Trinajstić information content (AvgIpc) is 2.15. The van der Waals surface area contributed by atoms with E-state index in [0.29, 0.717) is 12.3 Å². The van der Waals surface area contributed by atoms with Crippen molar-refractivity contribution in [3.8, 4) is 0 Å². The third-order valence-corrected chi connectivity index (χ3v) is 1.97. The van der Waals surface area contributed by atoms with Gasteiger partial charge >= 0.3 is 5.97 Å². The predicted octanol–water partition coefficient (Wildman–Crippen LogP) is 2.59. The first-order chi connectivity index (χ1) is 6.74. The minimum absolute atomic E-state index is 0.143. The molecule has 0 radical (unpaired) electrons. The van der Waals surface area contributed by atoms with Crippen molar-refractivity contribution in [2.75, 3.05) is 19.0 Å². The molecule has 84 valence electrons. The van der Waals surface area contributed by atoms with Crippen LogP contribution in [0.15, 0.2) is 0 Å². The first-order valence-corrected chi connectivity index (χ1v) is 5.79. The molecule has 14 heavy (non-hydrogen) atoms. The molecule has 0 atom stereocenters. The summed E-state index contributed by atoms with van der Waals surface area (Å²) in [7, 11) is 0. The summed E-state index contributed by atoms with van der Waals surface area (Å²) in [4.78, 5) is 16.4. The Hall–Kier alpha value is -0.280. The lowest BCUT2D eigenvalue weighted by Crippen LogP contribution is -2.29. The highest BCUT2D eigenvalue weighted by Gasteiger charge is 2.09. The van der Waals surface area contributed by atoms with Crippen molar-refractivity contribution in [3.63, 3.8) is 0 Å². The number of rotatable bonds is 8. The monoisotopic (exact) mass is 221 g/mol. The number of hydrogen-bond acceptors (Lipinski definition) is 3. The largest absolute Gasteiger partial charge is 0.368 e. The van der Waals surface area contributed by atoms with Gasteiger partial charge in [-0.25, -0.2) is 0 Å². The Labute approximate surface area is 91.3 Å². The van der Waals surface area contributed by atoms with Gasteiger partial charge in [0.1, 0.15) is 0 Å². The van der Waals surface area contributed by atoms with Crippen LogP contribution in [0, 0.1) is 0 Å². The lowest BCUT2D eigenvalue weighted by molar-refractivity contribution is -0.190. The first-order valence-electron chi connectivity index (χ1n) is 5.26. The highest BCUT2D eigenvalue weighted by Crippen LogP contribution is 2.00. The normalized spacial score (nSPS) is 10.6. The van der Waals surface area contributed by atoms with E-state index in [0.717, 1.165) is 32.4 Å². The van der Waals surface area contributed by atoms with Gasteiger partial charge in [0, 0.05) is 25.4 Å². The second-order valence-electron chi connectivity index (χ2n) is 3.18. The van der Waals surface area contributed by atoms with Crippen LogP contribution in [0.5, 0.6) is 0 Å². The lowest BCUT2D eigenvalue weighted by atomic mass is 10.3. The van der Waals surface area contributed by atoms with E-state index in [9.17, 15) is 4.79 Å². The Morgan fingerprint density at radius 3 is 2.50 bits per heavy atom. The Morgan fingerprint density at radius 2 is 2.00 bits per heavy atom. The number of hydrogen-bond donors (Lipinski definition) is 0. The zero-order chi connectivity index (χ0) is 10.8. The zero-order valence-electron chi connectivity index (χ0n) is 9.09. The maximum Gasteiger partial charge on any atom is 0.325 e. The van der Waals surface area contributed by atoms with Gasteiger partial charge in [0.25, 0.3) is 0 Å². The molecule has 0 saturated carbocycles. The fraction of sp³-hybridized carbons (Fsp3) is 0.900. The van der Waals surface area contributed by atoms with Crippen molar-refractivity contribution in [2.24, 2.45) is 0 Å². The average molecular weight is 222 g/mol. The molecule has 0 saturated heterocycles. The van der Waals surface area contributed by atoms with Crippen LogP contribution in [0.4, 0.5) is 0 Å². The summed E-state index contributed by atoms with van der Waals surface area (Å²) in [5.41, 5.74) is 0. The van der Waals surface area contributed by atoms with Gasteiger partial charge in [0.2, 0.25) is 0 Å². The molecule has 3 nitrogen and oxygen atoms in total. The molecular formula is C10H20ClNO2. The Balaban J connectivity index is 3.75. The van der Waals surface area contributed by atoms with Crippen LogP contribution in [0.1, 0.15) is 39.5 Å². The van der Waals surface area contributed by atoms with E-state index in [1.807, 2.05) is 6.92 Å². The molecule has 0 heterocycles. The molecule has 0 aromatic carbocycles. The van der Waals surface area contributed by atoms with Crippen LogP contribution in [0.2, 0.25) is 0 Å². The maximum absolute atomic E-state index is 11.2. The number of nitrogens with zero attached hydrogens (tertiary/aromatic N) is 1. The van der Waals surface area contributed by atoms with Crippen molar-refractivity contribution in [2.45, 2.75) is 39.5 Å². The van der Waals surface area contributed by atoms with E-state index in [1.165, 1.54) is 0 Å². The van der Waals surface area contributed by atoms with E-state index < -0.39 is 0 Å². The van der Waals surface area contributed by atoms with Gasteiger partial charge in [0.15, 0.2) is 0 Å².